The van der Waals surface area contributed by atoms with E-state index < -0.39 is 34.8 Å². The lowest BCUT2D eigenvalue weighted by Gasteiger charge is -2.13. The molecule has 0 spiro atoms. The van der Waals surface area contributed by atoms with E-state index in [2.05, 4.69) is 15.9 Å². The van der Waals surface area contributed by atoms with Crippen molar-refractivity contribution < 1.29 is 24.0 Å². The summed E-state index contributed by atoms with van der Waals surface area (Å²) in [6.45, 7) is -0.512. The van der Waals surface area contributed by atoms with Crippen LogP contribution in [0.5, 0.6) is 5.75 Å². The monoisotopic (exact) mass is 418 g/mol. The molecule has 1 aliphatic rings. The molecule has 9 heteroatoms. The summed E-state index contributed by atoms with van der Waals surface area (Å²) < 4.78 is 5.63. The number of methoxy groups -OCH3 is 1. The van der Waals surface area contributed by atoms with E-state index in [4.69, 9.17) is 4.74 Å². The van der Waals surface area contributed by atoms with Crippen molar-refractivity contribution in [3.8, 4) is 5.75 Å². The fourth-order valence-electron chi connectivity index (χ4n) is 2.69. The molecule has 1 heterocycles. The number of ketones is 1. The summed E-state index contributed by atoms with van der Waals surface area (Å²) in [5, 5.41) is 11.1. The summed E-state index contributed by atoms with van der Waals surface area (Å²) in [5.41, 5.74) is -0.550. The fraction of sp³-hybridized carbons (Fsp3) is 0.118. The minimum atomic E-state index is -0.849. The molecule has 0 atom stereocenters. The lowest BCUT2D eigenvalue weighted by atomic mass is 10.1. The minimum Gasteiger partial charge on any atom is -0.496 e. The van der Waals surface area contributed by atoms with Crippen molar-refractivity contribution in [2.75, 3.05) is 13.7 Å². The predicted molar refractivity (Wildman–Crippen MR) is 93.5 cm³/mol. The zero-order valence-electron chi connectivity index (χ0n) is 13.4. The summed E-state index contributed by atoms with van der Waals surface area (Å²) in [7, 11) is 1.48. The van der Waals surface area contributed by atoms with E-state index in [-0.39, 0.29) is 16.7 Å². The average molecular weight is 419 g/mol. The minimum absolute atomic E-state index is 0.0760. The van der Waals surface area contributed by atoms with Crippen LogP contribution in [-0.2, 0) is 0 Å². The Bertz CT molecular complexity index is 972. The molecule has 132 valence electrons. The number of halogens is 1. The number of nitro groups is 1. The van der Waals surface area contributed by atoms with Crippen LogP contribution in [0.1, 0.15) is 31.1 Å². The maximum absolute atomic E-state index is 12.5. The molecule has 0 unspecified atom stereocenters. The Hall–Kier alpha value is -3.07. The summed E-state index contributed by atoms with van der Waals surface area (Å²) in [6, 6.07) is 8.40. The third-order valence-electron chi connectivity index (χ3n) is 3.95. The molecule has 0 aliphatic carbocycles. The third-order valence-corrected chi connectivity index (χ3v) is 4.57. The van der Waals surface area contributed by atoms with Gasteiger partial charge in [0.05, 0.1) is 28.6 Å². The molecule has 8 nitrogen and oxygen atoms in total. The molecule has 0 fully saturated rings. The molecule has 0 saturated carbocycles. The first-order valence-corrected chi connectivity index (χ1v) is 8.14. The molecule has 2 aromatic carbocycles. The molecule has 0 saturated heterocycles. The molecule has 2 amide bonds. The van der Waals surface area contributed by atoms with E-state index >= 15 is 0 Å². The molecule has 2 aromatic rings. The van der Waals surface area contributed by atoms with Crippen LogP contribution in [0.2, 0.25) is 0 Å². The average Bonchev–Trinajstić information content (AvgIpc) is 2.86. The number of fused-ring (bicyclic) bond motifs is 1. The second-order valence-corrected chi connectivity index (χ2v) is 6.28. The van der Waals surface area contributed by atoms with Gasteiger partial charge in [-0.25, -0.2) is 0 Å². The number of nitrogens with zero attached hydrogens (tertiary/aromatic N) is 2. The second kappa shape index (κ2) is 6.68. The smallest absolute Gasteiger partial charge is 0.282 e. The summed E-state index contributed by atoms with van der Waals surface area (Å²) in [6.07, 6.45) is 0. The lowest BCUT2D eigenvalue weighted by molar-refractivity contribution is -0.385. The van der Waals surface area contributed by atoms with Crippen molar-refractivity contribution in [2.24, 2.45) is 0 Å². The fourth-order valence-corrected chi connectivity index (χ4v) is 3.23. The first kappa shape index (κ1) is 17.7. The topological polar surface area (TPSA) is 107 Å². The molecular weight excluding hydrogens is 408 g/mol. The Morgan fingerprint density at radius 2 is 1.96 bits per heavy atom. The normalized spacial score (nSPS) is 12.9. The van der Waals surface area contributed by atoms with E-state index in [9.17, 15) is 24.5 Å². The molecule has 0 radical (unpaired) electrons. The lowest BCUT2D eigenvalue weighted by Crippen LogP contribution is -2.35. The molecule has 26 heavy (non-hydrogen) atoms. The highest BCUT2D eigenvalue weighted by atomic mass is 79.9. The number of hydrogen-bond acceptors (Lipinski definition) is 6. The van der Waals surface area contributed by atoms with Gasteiger partial charge in [0, 0.05) is 11.6 Å². The van der Waals surface area contributed by atoms with Gasteiger partial charge in [-0.1, -0.05) is 6.07 Å². The van der Waals surface area contributed by atoms with Crippen LogP contribution < -0.4 is 4.74 Å². The van der Waals surface area contributed by atoms with Crippen LogP contribution >= 0.6 is 15.9 Å². The van der Waals surface area contributed by atoms with E-state index in [0.717, 1.165) is 11.0 Å². The van der Waals surface area contributed by atoms with Crippen LogP contribution in [0.15, 0.2) is 40.9 Å². The SMILES string of the molecule is COc1ccc(C(=O)CN2C(=O)c3cccc([N+](=O)[O-])c3C2=O)cc1Br. The standard InChI is InChI=1S/C17H11BrN2O6/c1-26-14-6-5-9(7-11(14)18)13(21)8-19-16(22)10-3-2-4-12(20(24)25)15(10)17(19)23/h2-7H,8H2,1H3. The number of nitro benzene ring substituents is 1. The van der Waals surface area contributed by atoms with E-state index in [1.807, 2.05) is 0 Å². The van der Waals surface area contributed by atoms with Crippen molar-refractivity contribution in [3.05, 3.63) is 67.7 Å². The van der Waals surface area contributed by atoms with Crippen molar-refractivity contribution in [1.82, 2.24) is 4.90 Å². The number of benzene rings is 2. The molecule has 0 bridgehead atoms. The van der Waals surface area contributed by atoms with Gasteiger partial charge in [0.15, 0.2) is 5.78 Å². The summed E-state index contributed by atoms with van der Waals surface area (Å²) in [4.78, 5) is 48.5. The quantitative estimate of drug-likeness (QED) is 0.319. The van der Waals surface area contributed by atoms with E-state index in [1.54, 1.807) is 6.07 Å². The zero-order chi connectivity index (χ0) is 19.0. The largest absolute Gasteiger partial charge is 0.496 e. The number of carbonyl (C=O) groups excluding carboxylic acids is 3. The van der Waals surface area contributed by atoms with Crippen LogP contribution in [0.4, 0.5) is 5.69 Å². The van der Waals surface area contributed by atoms with Crippen LogP contribution in [0.25, 0.3) is 0 Å². The Balaban J connectivity index is 1.90. The zero-order valence-corrected chi connectivity index (χ0v) is 15.0. The van der Waals surface area contributed by atoms with Crippen molar-refractivity contribution in [2.45, 2.75) is 0 Å². The highest BCUT2D eigenvalue weighted by Gasteiger charge is 2.41. The van der Waals surface area contributed by atoms with Gasteiger partial charge in [0.25, 0.3) is 17.5 Å². The van der Waals surface area contributed by atoms with Gasteiger partial charge in [-0.05, 0) is 40.2 Å². The number of hydrogen-bond donors (Lipinski definition) is 0. The van der Waals surface area contributed by atoms with Gasteiger partial charge in [0.2, 0.25) is 0 Å². The van der Waals surface area contributed by atoms with Crippen molar-refractivity contribution >= 4 is 39.2 Å². The first-order chi connectivity index (χ1) is 12.3. The third kappa shape index (κ3) is 2.86. The number of imide groups is 1. The van der Waals surface area contributed by atoms with Crippen molar-refractivity contribution in [3.63, 3.8) is 0 Å². The van der Waals surface area contributed by atoms with E-state index in [0.29, 0.717) is 10.2 Å². The maximum Gasteiger partial charge on any atom is 0.282 e. The Morgan fingerprint density at radius 3 is 2.58 bits per heavy atom. The number of Topliss-reactive ketones (excluding diaryl/α,β-unsaturated/α-hetero) is 1. The van der Waals surface area contributed by atoms with Gasteiger partial charge >= 0.3 is 0 Å². The molecule has 3 rings (SSSR count). The van der Waals surface area contributed by atoms with Crippen LogP contribution in [0, 0.1) is 10.1 Å². The van der Waals surface area contributed by atoms with Gasteiger partial charge in [-0.15, -0.1) is 0 Å². The molecule has 0 N–H and O–H groups in total. The Kier molecular flexibility index (Phi) is 4.56. The first-order valence-electron chi connectivity index (χ1n) is 7.35. The van der Waals surface area contributed by atoms with Gasteiger partial charge in [-0.3, -0.25) is 29.4 Å². The second-order valence-electron chi connectivity index (χ2n) is 5.43. The van der Waals surface area contributed by atoms with E-state index in [1.165, 1.54) is 31.4 Å². The number of amides is 2. The molecule has 0 aromatic heterocycles. The number of rotatable bonds is 5. The Labute approximate surface area is 155 Å². The van der Waals surface area contributed by atoms with Crippen molar-refractivity contribution in [1.29, 1.82) is 0 Å². The molecule has 1 aliphatic heterocycles. The molecular formula is C17H11BrN2O6. The highest BCUT2D eigenvalue weighted by molar-refractivity contribution is 9.10. The predicted octanol–water partition coefficient (Wildman–Crippen LogP) is 2.84. The Morgan fingerprint density at radius 1 is 1.23 bits per heavy atom. The van der Waals surface area contributed by atoms with Crippen LogP contribution in [0.3, 0.4) is 0 Å². The van der Waals surface area contributed by atoms with Gasteiger partial charge < -0.3 is 4.74 Å². The van der Waals surface area contributed by atoms with Gasteiger partial charge in [-0.2, -0.15) is 0 Å². The highest BCUT2D eigenvalue weighted by Crippen LogP contribution is 2.31. The summed E-state index contributed by atoms with van der Waals surface area (Å²) in [5.74, 6) is -1.53. The maximum atomic E-state index is 12.5. The number of carbonyl (C=O) groups is 3. The van der Waals surface area contributed by atoms with Crippen LogP contribution in [-0.4, -0.2) is 41.1 Å². The number of ether oxygens (including phenoxy) is 1. The van der Waals surface area contributed by atoms with Gasteiger partial charge in [0.1, 0.15) is 11.3 Å². The summed E-state index contributed by atoms with van der Waals surface area (Å²) >= 11 is 3.26.